The molecule has 0 fully saturated rings. The fraction of sp³-hybridized carbons (Fsp3) is 0.435. The van der Waals surface area contributed by atoms with Crippen molar-refractivity contribution in [3.8, 4) is 17.2 Å². The lowest BCUT2D eigenvalue weighted by molar-refractivity contribution is -0.154. The molecule has 0 radical (unpaired) electrons. The number of nitrogens with zero attached hydrogens (tertiary/aromatic N) is 1. The summed E-state index contributed by atoms with van der Waals surface area (Å²) < 4.78 is 22.1. The first kappa shape index (κ1) is 24.3. The summed E-state index contributed by atoms with van der Waals surface area (Å²) in [5.74, 6) is 2.13. The van der Waals surface area contributed by atoms with Crippen LogP contribution in [0.3, 0.4) is 0 Å². The van der Waals surface area contributed by atoms with Crippen molar-refractivity contribution in [2.24, 2.45) is 0 Å². The number of hydroxylamine groups is 2. The van der Waals surface area contributed by atoms with E-state index in [-0.39, 0.29) is 6.61 Å². The van der Waals surface area contributed by atoms with Crippen molar-refractivity contribution in [2.45, 2.75) is 33.3 Å². The molecule has 1 amide bonds. The van der Waals surface area contributed by atoms with E-state index in [1.807, 2.05) is 64.1 Å². The molecule has 0 saturated carbocycles. The third-order valence-electron chi connectivity index (χ3n) is 3.80. The topological polar surface area (TPSA) is 92.5 Å². The average molecular weight is 433 g/mol. The molecule has 0 bridgehead atoms. The maximum absolute atomic E-state index is 12.0. The van der Waals surface area contributed by atoms with Gasteiger partial charge in [0.05, 0.1) is 19.8 Å². The van der Waals surface area contributed by atoms with Gasteiger partial charge in [-0.15, -0.1) is 0 Å². The molecule has 0 unspecified atom stereocenters. The number of amides is 1. The van der Waals surface area contributed by atoms with Crippen LogP contribution >= 0.6 is 0 Å². The average Bonchev–Trinajstić information content (AvgIpc) is 2.71. The molecule has 31 heavy (non-hydrogen) atoms. The van der Waals surface area contributed by atoms with E-state index in [0.717, 1.165) is 0 Å². The fourth-order valence-electron chi connectivity index (χ4n) is 2.39. The van der Waals surface area contributed by atoms with E-state index in [2.05, 4.69) is 0 Å². The Morgan fingerprint density at radius 2 is 1.42 bits per heavy atom. The van der Waals surface area contributed by atoms with Gasteiger partial charge in [-0.3, -0.25) is 4.84 Å². The number of nitrogen functional groups attached to an aromatic ring is 1. The Kier molecular flexibility index (Phi) is 9.42. The number of hydrogen-bond acceptors (Lipinski definition) is 7. The Morgan fingerprint density at radius 3 is 2.00 bits per heavy atom. The minimum atomic E-state index is -0.567. The van der Waals surface area contributed by atoms with Crippen LogP contribution in [0.25, 0.3) is 0 Å². The first-order chi connectivity index (χ1) is 14.8. The summed E-state index contributed by atoms with van der Waals surface area (Å²) in [5, 5.41) is 1.18. The van der Waals surface area contributed by atoms with Crippen LogP contribution in [-0.4, -0.2) is 49.7 Å². The summed E-state index contributed by atoms with van der Waals surface area (Å²) in [6, 6.07) is 14.5. The fourth-order valence-corrected chi connectivity index (χ4v) is 2.39. The first-order valence-corrected chi connectivity index (χ1v) is 10.2. The SMILES string of the molecule is CCN(OCCOCCOc1ccc(Oc2ccc(N)cc2)cc1)C(=O)OC(C)(C)C. The van der Waals surface area contributed by atoms with Gasteiger partial charge >= 0.3 is 6.09 Å². The second kappa shape index (κ2) is 12.0. The molecule has 2 rings (SSSR count). The van der Waals surface area contributed by atoms with Gasteiger partial charge in [0, 0.05) is 12.2 Å². The van der Waals surface area contributed by atoms with E-state index in [4.69, 9.17) is 29.5 Å². The Balaban J connectivity index is 1.60. The van der Waals surface area contributed by atoms with Crippen molar-refractivity contribution >= 4 is 11.8 Å². The van der Waals surface area contributed by atoms with Gasteiger partial charge in [-0.25, -0.2) is 4.79 Å². The lowest BCUT2D eigenvalue weighted by atomic mass is 10.2. The molecule has 2 aromatic carbocycles. The van der Waals surface area contributed by atoms with Gasteiger partial charge in [-0.2, -0.15) is 5.06 Å². The Labute approximate surface area is 183 Å². The molecular weight excluding hydrogens is 400 g/mol. The van der Waals surface area contributed by atoms with Gasteiger partial charge in [0.25, 0.3) is 0 Å². The maximum atomic E-state index is 12.0. The highest BCUT2D eigenvalue weighted by molar-refractivity contribution is 5.66. The van der Waals surface area contributed by atoms with Gasteiger partial charge < -0.3 is 24.7 Å². The number of carbonyl (C=O) groups excluding carboxylic acids is 1. The van der Waals surface area contributed by atoms with Crippen LogP contribution in [0.1, 0.15) is 27.7 Å². The van der Waals surface area contributed by atoms with E-state index in [1.165, 1.54) is 5.06 Å². The molecule has 8 nitrogen and oxygen atoms in total. The van der Waals surface area contributed by atoms with Crippen molar-refractivity contribution in [3.63, 3.8) is 0 Å². The highest BCUT2D eigenvalue weighted by Gasteiger charge is 2.21. The predicted octanol–water partition coefficient (Wildman–Crippen LogP) is 4.65. The minimum absolute atomic E-state index is 0.240. The molecule has 2 aromatic rings. The summed E-state index contributed by atoms with van der Waals surface area (Å²) in [6.45, 7) is 8.97. The lowest BCUT2D eigenvalue weighted by Gasteiger charge is -2.25. The highest BCUT2D eigenvalue weighted by Crippen LogP contribution is 2.24. The third kappa shape index (κ3) is 9.59. The molecule has 0 aliphatic carbocycles. The van der Waals surface area contributed by atoms with Gasteiger partial charge in [-0.1, -0.05) is 0 Å². The molecule has 2 N–H and O–H groups in total. The minimum Gasteiger partial charge on any atom is -0.491 e. The van der Waals surface area contributed by atoms with Gasteiger partial charge in [0.15, 0.2) is 0 Å². The third-order valence-corrected chi connectivity index (χ3v) is 3.80. The lowest BCUT2D eigenvalue weighted by Crippen LogP contribution is -2.37. The van der Waals surface area contributed by atoms with Crippen LogP contribution in [0.4, 0.5) is 10.5 Å². The largest absolute Gasteiger partial charge is 0.491 e. The second-order valence-corrected chi connectivity index (χ2v) is 7.61. The van der Waals surface area contributed by atoms with Crippen LogP contribution in [0.15, 0.2) is 48.5 Å². The van der Waals surface area contributed by atoms with Crippen molar-refractivity contribution in [3.05, 3.63) is 48.5 Å². The normalized spacial score (nSPS) is 11.1. The van der Waals surface area contributed by atoms with E-state index in [1.54, 1.807) is 12.1 Å². The van der Waals surface area contributed by atoms with Crippen LogP contribution in [-0.2, 0) is 14.3 Å². The second-order valence-electron chi connectivity index (χ2n) is 7.61. The van der Waals surface area contributed by atoms with Crippen LogP contribution in [0.5, 0.6) is 17.2 Å². The summed E-state index contributed by atoms with van der Waals surface area (Å²) in [4.78, 5) is 17.4. The molecule has 0 aromatic heterocycles. The number of carbonyl (C=O) groups is 1. The zero-order chi connectivity index (χ0) is 22.7. The van der Waals surface area contributed by atoms with E-state index in [9.17, 15) is 4.79 Å². The molecule has 170 valence electrons. The molecule has 0 saturated heterocycles. The zero-order valence-electron chi connectivity index (χ0n) is 18.6. The molecule has 0 atom stereocenters. The van der Waals surface area contributed by atoms with Crippen molar-refractivity contribution in [1.29, 1.82) is 0 Å². The number of benzene rings is 2. The summed E-state index contributed by atoms with van der Waals surface area (Å²) in [6.07, 6.45) is -0.512. The van der Waals surface area contributed by atoms with Gasteiger partial charge in [-0.05, 0) is 76.2 Å². The smallest absolute Gasteiger partial charge is 0.434 e. The van der Waals surface area contributed by atoms with Gasteiger partial charge in [0.1, 0.15) is 29.5 Å². The quantitative estimate of drug-likeness (QED) is 0.314. The predicted molar refractivity (Wildman–Crippen MR) is 118 cm³/mol. The molecule has 0 aliphatic rings. The molecular formula is C23H32N2O6. The van der Waals surface area contributed by atoms with Crippen molar-refractivity contribution in [2.75, 3.05) is 38.7 Å². The summed E-state index contributed by atoms with van der Waals surface area (Å²) >= 11 is 0. The monoisotopic (exact) mass is 432 g/mol. The number of anilines is 1. The molecule has 8 heteroatoms. The standard InChI is InChI=1S/C23H32N2O6/c1-5-25(22(26)31-23(2,3)4)29-17-15-27-14-16-28-19-10-12-21(13-11-19)30-20-8-6-18(24)7-9-20/h6-13H,5,14-17,24H2,1-4H3. The number of hydrogen-bond donors (Lipinski definition) is 1. The van der Waals surface area contributed by atoms with Crippen molar-refractivity contribution < 1.29 is 28.6 Å². The van der Waals surface area contributed by atoms with E-state index >= 15 is 0 Å². The number of ether oxygens (including phenoxy) is 4. The Morgan fingerprint density at radius 1 is 0.871 bits per heavy atom. The summed E-state index contributed by atoms with van der Waals surface area (Å²) in [7, 11) is 0. The molecule has 0 aliphatic heterocycles. The number of nitrogens with two attached hydrogens (primary N) is 1. The molecule has 0 spiro atoms. The van der Waals surface area contributed by atoms with Gasteiger partial charge in [0.2, 0.25) is 0 Å². The molecule has 0 heterocycles. The highest BCUT2D eigenvalue weighted by atomic mass is 16.7. The Hall–Kier alpha value is -2.97. The van der Waals surface area contributed by atoms with Crippen LogP contribution in [0, 0.1) is 0 Å². The van der Waals surface area contributed by atoms with Crippen LogP contribution in [0.2, 0.25) is 0 Å². The zero-order valence-corrected chi connectivity index (χ0v) is 18.6. The number of rotatable bonds is 11. The summed E-state index contributed by atoms with van der Waals surface area (Å²) in [5.41, 5.74) is 5.79. The first-order valence-electron chi connectivity index (χ1n) is 10.2. The maximum Gasteiger partial charge on any atom is 0.434 e. The van der Waals surface area contributed by atoms with E-state index < -0.39 is 11.7 Å². The van der Waals surface area contributed by atoms with Crippen LogP contribution < -0.4 is 15.2 Å². The van der Waals surface area contributed by atoms with E-state index in [0.29, 0.717) is 49.3 Å². The Bertz CT molecular complexity index is 787. The van der Waals surface area contributed by atoms with Crippen molar-refractivity contribution in [1.82, 2.24) is 5.06 Å².